The molecule has 0 spiro atoms. The second-order valence-electron chi connectivity index (χ2n) is 6.21. The first-order valence-electron chi connectivity index (χ1n) is 8.31. The molecule has 1 aliphatic heterocycles. The molecule has 2 aromatic carbocycles. The van der Waals surface area contributed by atoms with Crippen molar-refractivity contribution in [3.05, 3.63) is 52.0 Å². The number of carbonyl (C=O) groups is 1. The zero-order valence-electron chi connectivity index (χ0n) is 15.0. The van der Waals surface area contributed by atoms with Crippen LogP contribution >= 0.6 is 11.6 Å². The number of esters is 1. The zero-order valence-corrected chi connectivity index (χ0v) is 15.8. The van der Waals surface area contributed by atoms with Crippen LogP contribution in [0.3, 0.4) is 0 Å². The lowest BCUT2D eigenvalue weighted by molar-refractivity contribution is -0.151. The molecule has 2 aromatic rings. The Hall–Kier alpha value is -2.40. The van der Waals surface area contributed by atoms with E-state index < -0.39 is 0 Å². The van der Waals surface area contributed by atoms with E-state index in [9.17, 15) is 4.79 Å². The van der Waals surface area contributed by atoms with Gasteiger partial charge in [0.2, 0.25) is 0 Å². The van der Waals surface area contributed by atoms with Crippen LogP contribution in [0.2, 0.25) is 5.02 Å². The van der Waals surface area contributed by atoms with Crippen molar-refractivity contribution in [3.63, 3.8) is 0 Å². The van der Waals surface area contributed by atoms with Gasteiger partial charge in [-0.3, -0.25) is 4.79 Å². The molecule has 0 aromatic heterocycles. The highest BCUT2D eigenvalue weighted by Gasteiger charge is 2.27. The summed E-state index contributed by atoms with van der Waals surface area (Å²) in [4.78, 5) is 12.5. The van der Waals surface area contributed by atoms with Crippen molar-refractivity contribution in [2.24, 2.45) is 5.92 Å². The molecule has 0 amide bonds. The zero-order chi connectivity index (χ0) is 18.7. The van der Waals surface area contributed by atoms with E-state index in [1.54, 1.807) is 20.3 Å². The Morgan fingerprint density at radius 3 is 2.65 bits per heavy atom. The molecular weight excluding hydrogens is 356 g/mol. The van der Waals surface area contributed by atoms with Crippen molar-refractivity contribution in [1.82, 2.24) is 0 Å². The molecule has 0 radical (unpaired) electrons. The van der Waals surface area contributed by atoms with Crippen molar-refractivity contribution in [2.75, 3.05) is 20.8 Å². The quantitative estimate of drug-likeness (QED) is 0.739. The Morgan fingerprint density at radius 1 is 1.19 bits per heavy atom. The molecule has 1 atom stereocenters. The van der Waals surface area contributed by atoms with Crippen LogP contribution in [0, 0.1) is 12.8 Å². The van der Waals surface area contributed by atoms with E-state index in [-0.39, 0.29) is 18.5 Å². The number of rotatable bonds is 5. The van der Waals surface area contributed by atoms with Crippen LogP contribution in [-0.4, -0.2) is 26.8 Å². The average Bonchev–Trinajstić information content (AvgIpc) is 2.65. The Balaban J connectivity index is 1.66. The summed E-state index contributed by atoms with van der Waals surface area (Å²) in [6, 6.07) is 9.12. The van der Waals surface area contributed by atoms with Gasteiger partial charge in [-0.2, -0.15) is 0 Å². The molecule has 0 aliphatic carbocycles. The highest BCUT2D eigenvalue weighted by Crippen LogP contribution is 2.32. The van der Waals surface area contributed by atoms with Crippen LogP contribution in [-0.2, 0) is 22.6 Å². The second kappa shape index (κ2) is 7.87. The number of carbonyl (C=O) groups excluding carboxylic acids is 1. The molecule has 0 N–H and O–H groups in total. The van der Waals surface area contributed by atoms with E-state index in [0.29, 0.717) is 29.5 Å². The van der Waals surface area contributed by atoms with Gasteiger partial charge in [-0.1, -0.05) is 11.6 Å². The lowest BCUT2D eigenvalue weighted by Gasteiger charge is -2.24. The Labute approximate surface area is 157 Å². The lowest BCUT2D eigenvalue weighted by Crippen LogP contribution is -2.29. The highest BCUT2D eigenvalue weighted by atomic mass is 35.5. The predicted molar refractivity (Wildman–Crippen MR) is 98.2 cm³/mol. The minimum Gasteiger partial charge on any atom is -0.493 e. The largest absolute Gasteiger partial charge is 0.493 e. The minimum atomic E-state index is -0.346. The number of hydrogen-bond donors (Lipinski definition) is 0. The van der Waals surface area contributed by atoms with Crippen LogP contribution in [0.15, 0.2) is 30.3 Å². The van der Waals surface area contributed by atoms with E-state index in [4.69, 9.17) is 30.5 Å². The summed E-state index contributed by atoms with van der Waals surface area (Å²) < 4.78 is 21.8. The Bertz CT molecular complexity index is 818. The summed E-state index contributed by atoms with van der Waals surface area (Å²) in [5, 5.41) is 0.627. The van der Waals surface area contributed by atoms with Crippen molar-refractivity contribution in [2.45, 2.75) is 20.0 Å². The van der Waals surface area contributed by atoms with Gasteiger partial charge in [-0.05, 0) is 60.4 Å². The molecular formula is C20H21ClO5. The molecule has 5 nitrogen and oxygen atoms in total. The number of hydrogen-bond acceptors (Lipinski definition) is 5. The van der Waals surface area contributed by atoms with Crippen molar-refractivity contribution < 1.29 is 23.7 Å². The van der Waals surface area contributed by atoms with Gasteiger partial charge in [0, 0.05) is 5.02 Å². The van der Waals surface area contributed by atoms with E-state index in [1.165, 1.54) is 0 Å². The summed E-state index contributed by atoms with van der Waals surface area (Å²) in [6.45, 7) is 2.41. The smallest absolute Gasteiger partial charge is 0.313 e. The maximum Gasteiger partial charge on any atom is 0.313 e. The van der Waals surface area contributed by atoms with E-state index in [1.807, 2.05) is 31.2 Å². The first-order valence-corrected chi connectivity index (χ1v) is 8.69. The van der Waals surface area contributed by atoms with Gasteiger partial charge in [0.1, 0.15) is 19.0 Å². The fourth-order valence-corrected chi connectivity index (χ4v) is 3.15. The van der Waals surface area contributed by atoms with Crippen LogP contribution in [0.25, 0.3) is 0 Å². The van der Waals surface area contributed by atoms with E-state index >= 15 is 0 Å². The number of fused-ring (bicyclic) bond motifs is 1. The molecule has 0 fully saturated rings. The van der Waals surface area contributed by atoms with Gasteiger partial charge >= 0.3 is 5.97 Å². The molecule has 0 saturated carbocycles. The molecule has 3 rings (SSSR count). The van der Waals surface area contributed by atoms with Gasteiger partial charge in [-0.15, -0.1) is 0 Å². The number of ether oxygens (including phenoxy) is 4. The van der Waals surface area contributed by atoms with Crippen LogP contribution in [0.1, 0.15) is 16.7 Å². The fraction of sp³-hybridized carbons (Fsp3) is 0.350. The summed E-state index contributed by atoms with van der Waals surface area (Å²) in [5.41, 5.74) is 2.76. The van der Waals surface area contributed by atoms with Gasteiger partial charge in [-0.25, -0.2) is 0 Å². The fourth-order valence-electron chi connectivity index (χ4n) is 2.96. The molecule has 1 heterocycles. The normalized spacial score (nSPS) is 15.6. The van der Waals surface area contributed by atoms with Crippen molar-refractivity contribution >= 4 is 17.6 Å². The van der Waals surface area contributed by atoms with Crippen molar-refractivity contribution in [1.29, 1.82) is 0 Å². The molecule has 6 heteroatoms. The average molecular weight is 377 g/mol. The molecule has 138 valence electrons. The first kappa shape index (κ1) is 18.4. The van der Waals surface area contributed by atoms with Gasteiger partial charge in [0.15, 0.2) is 11.5 Å². The maximum absolute atomic E-state index is 12.5. The van der Waals surface area contributed by atoms with Gasteiger partial charge in [0.05, 0.1) is 20.1 Å². The van der Waals surface area contributed by atoms with Crippen LogP contribution < -0.4 is 14.2 Å². The summed E-state index contributed by atoms with van der Waals surface area (Å²) >= 11 is 6.02. The summed E-state index contributed by atoms with van der Waals surface area (Å²) in [5.74, 6) is 1.39. The van der Waals surface area contributed by atoms with E-state index in [0.717, 1.165) is 22.4 Å². The standard InChI is InChI=1S/C20H21ClO5/c1-12-6-18(23-2)19(24-3)9-14(12)10-26-20(22)15-7-13-8-16(21)4-5-17(13)25-11-15/h4-6,8-9,15H,7,10-11H2,1-3H3/t15-/m1/s1. The topological polar surface area (TPSA) is 54.0 Å². The van der Waals surface area contributed by atoms with Crippen molar-refractivity contribution in [3.8, 4) is 17.2 Å². The highest BCUT2D eigenvalue weighted by molar-refractivity contribution is 6.30. The number of aryl methyl sites for hydroxylation is 1. The van der Waals surface area contributed by atoms with Gasteiger partial charge < -0.3 is 18.9 Å². The Morgan fingerprint density at radius 2 is 1.92 bits per heavy atom. The number of halogens is 1. The SMILES string of the molecule is COc1cc(C)c(COC(=O)[C@H]2COc3ccc(Cl)cc3C2)cc1OC. The third-order valence-corrected chi connectivity index (χ3v) is 4.71. The third-order valence-electron chi connectivity index (χ3n) is 4.47. The third kappa shape index (κ3) is 3.88. The number of benzene rings is 2. The molecule has 0 unspecified atom stereocenters. The first-order chi connectivity index (χ1) is 12.5. The summed E-state index contributed by atoms with van der Waals surface area (Å²) in [7, 11) is 3.16. The number of methoxy groups -OCH3 is 2. The predicted octanol–water partition coefficient (Wildman–Crippen LogP) is 3.96. The lowest BCUT2D eigenvalue weighted by atomic mass is 9.97. The minimum absolute atomic E-state index is 0.171. The Kier molecular flexibility index (Phi) is 5.57. The maximum atomic E-state index is 12.5. The van der Waals surface area contributed by atoms with Crippen LogP contribution in [0.4, 0.5) is 0 Å². The molecule has 0 bridgehead atoms. The van der Waals surface area contributed by atoms with Gasteiger partial charge in [0.25, 0.3) is 0 Å². The molecule has 1 aliphatic rings. The summed E-state index contributed by atoms with van der Waals surface area (Å²) in [6.07, 6.45) is 0.555. The van der Waals surface area contributed by atoms with E-state index in [2.05, 4.69) is 0 Å². The molecule has 0 saturated heterocycles. The monoisotopic (exact) mass is 376 g/mol. The second-order valence-corrected chi connectivity index (χ2v) is 6.64. The van der Waals surface area contributed by atoms with Crippen LogP contribution in [0.5, 0.6) is 17.2 Å². The molecule has 26 heavy (non-hydrogen) atoms.